The van der Waals surface area contributed by atoms with E-state index in [1.807, 2.05) is 13.8 Å². The van der Waals surface area contributed by atoms with Gasteiger partial charge in [-0.3, -0.25) is 10.1 Å². The van der Waals surface area contributed by atoms with E-state index in [0.717, 1.165) is 19.3 Å². The molecule has 0 aromatic heterocycles. The summed E-state index contributed by atoms with van der Waals surface area (Å²) in [5.74, 6) is -0.740. The molecule has 0 radical (unpaired) electrons. The third-order valence-corrected chi connectivity index (χ3v) is 3.54. The fraction of sp³-hybridized carbons (Fsp3) is 0.929. The van der Waals surface area contributed by atoms with Crippen LogP contribution in [0.15, 0.2) is 0 Å². The average Bonchev–Trinajstić information content (AvgIpc) is 3.20. The van der Waals surface area contributed by atoms with E-state index in [2.05, 4.69) is 5.32 Å². The van der Waals surface area contributed by atoms with Crippen molar-refractivity contribution in [2.24, 2.45) is 0 Å². The summed E-state index contributed by atoms with van der Waals surface area (Å²) < 4.78 is 10.6. The summed E-state index contributed by atoms with van der Waals surface area (Å²) >= 11 is 0. The zero-order valence-corrected chi connectivity index (χ0v) is 12.1. The summed E-state index contributed by atoms with van der Waals surface area (Å²) in [7, 11) is 0. The van der Waals surface area contributed by atoms with E-state index < -0.39 is 11.5 Å². The second-order valence-corrected chi connectivity index (χ2v) is 5.07. The Balaban J connectivity index is 2.22. The number of rotatable bonds is 12. The molecular formula is C14H27NO4. The molecule has 1 aliphatic rings. The van der Waals surface area contributed by atoms with Crippen molar-refractivity contribution in [2.45, 2.75) is 57.5 Å². The van der Waals surface area contributed by atoms with Crippen LogP contribution in [0.5, 0.6) is 0 Å². The topological polar surface area (TPSA) is 67.8 Å². The molecule has 1 unspecified atom stereocenters. The Bertz CT molecular complexity index is 268. The summed E-state index contributed by atoms with van der Waals surface area (Å²) in [4.78, 5) is 11.5. The van der Waals surface area contributed by atoms with Crippen molar-refractivity contribution in [1.29, 1.82) is 0 Å². The van der Waals surface area contributed by atoms with Crippen molar-refractivity contribution in [2.75, 3.05) is 26.4 Å². The highest BCUT2D eigenvalue weighted by atomic mass is 16.5. The predicted molar refractivity (Wildman–Crippen MR) is 73.4 cm³/mol. The Morgan fingerprint density at radius 3 is 2.47 bits per heavy atom. The van der Waals surface area contributed by atoms with Crippen molar-refractivity contribution in [3.8, 4) is 0 Å². The van der Waals surface area contributed by atoms with E-state index in [4.69, 9.17) is 9.47 Å². The van der Waals surface area contributed by atoms with Gasteiger partial charge < -0.3 is 14.6 Å². The molecule has 0 aromatic carbocycles. The van der Waals surface area contributed by atoms with Gasteiger partial charge in [-0.15, -0.1) is 0 Å². The van der Waals surface area contributed by atoms with E-state index in [1.165, 1.54) is 0 Å². The van der Waals surface area contributed by atoms with E-state index in [9.17, 15) is 9.90 Å². The van der Waals surface area contributed by atoms with Gasteiger partial charge in [-0.05, 0) is 39.0 Å². The number of carboxylic acid groups (broad SMARTS) is 1. The van der Waals surface area contributed by atoms with Crippen LogP contribution < -0.4 is 5.32 Å². The third-order valence-electron chi connectivity index (χ3n) is 3.54. The van der Waals surface area contributed by atoms with Crippen LogP contribution in [0.3, 0.4) is 0 Å². The lowest BCUT2D eigenvalue weighted by Crippen LogP contribution is -2.52. The molecule has 19 heavy (non-hydrogen) atoms. The Morgan fingerprint density at radius 1 is 1.26 bits per heavy atom. The lowest BCUT2D eigenvalue weighted by atomic mass is 9.90. The minimum atomic E-state index is -0.773. The highest BCUT2D eigenvalue weighted by Crippen LogP contribution is 2.27. The van der Waals surface area contributed by atoms with Crippen LogP contribution >= 0.6 is 0 Å². The Labute approximate surface area is 115 Å². The summed E-state index contributed by atoms with van der Waals surface area (Å²) in [5.41, 5.74) is -0.773. The Kier molecular flexibility index (Phi) is 7.34. The van der Waals surface area contributed by atoms with Crippen molar-refractivity contribution in [1.82, 2.24) is 5.32 Å². The first-order valence-corrected chi connectivity index (χ1v) is 7.31. The zero-order chi connectivity index (χ0) is 14.1. The van der Waals surface area contributed by atoms with Gasteiger partial charge in [0.25, 0.3) is 0 Å². The Morgan fingerprint density at radius 2 is 1.95 bits per heavy atom. The number of carbonyl (C=O) groups is 1. The van der Waals surface area contributed by atoms with Crippen LogP contribution in [0.25, 0.3) is 0 Å². The number of hydrogen-bond donors (Lipinski definition) is 2. The maximum absolute atomic E-state index is 11.5. The molecule has 0 spiro atoms. The second kappa shape index (κ2) is 8.51. The van der Waals surface area contributed by atoms with E-state index >= 15 is 0 Å². The summed E-state index contributed by atoms with van der Waals surface area (Å²) in [6, 6.07) is 0.398. The van der Waals surface area contributed by atoms with Gasteiger partial charge in [-0.2, -0.15) is 0 Å². The van der Waals surface area contributed by atoms with Crippen molar-refractivity contribution < 1.29 is 19.4 Å². The molecule has 1 aliphatic carbocycles. The van der Waals surface area contributed by atoms with Gasteiger partial charge >= 0.3 is 5.97 Å². The monoisotopic (exact) mass is 273 g/mol. The molecule has 0 aromatic rings. The van der Waals surface area contributed by atoms with Gasteiger partial charge in [-0.25, -0.2) is 0 Å². The quantitative estimate of drug-likeness (QED) is 0.531. The normalized spacial score (nSPS) is 18.2. The number of hydrogen-bond acceptors (Lipinski definition) is 4. The van der Waals surface area contributed by atoms with Crippen LogP contribution in [-0.4, -0.2) is 49.1 Å². The smallest absolute Gasteiger partial charge is 0.323 e. The van der Waals surface area contributed by atoms with Gasteiger partial charge in [0.15, 0.2) is 0 Å². The SMILES string of the molecule is CCOCCOCCCC(CC)(NC1CC1)C(=O)O. The molecule has 1 rings (SSSR count). The average molecular weight is 273 g/mol. The van der Waals surface area contributed by atoms with Crippen LogP contribution in [0, 0.1) is 0 Å². The fourth-order valence-electron chi connectivity index (χ4n) is 2.13. The first-order chi connectivity index (χ1) is 9.14. The minimum absolute atomic E-state index is 0.398. The molecule has 0 saturated heterocycles. The van der Waals surface area contributed by atoms with E-state index in [-0.39, 0.29) is 0 Å². The molecule has 2 N–H and O–H groups in total. The molecular weight excluding hydrogens is 246 g/mol. The molecule has 1 saturated carbocycles. The summed E-state index contributed by atoms with van der Waals surface area (Å²) in [5, 5.41) is 12.7. The molecule has 1 atom stereocenters. The standard InChI is InChI=1S/C14H27NO4/c1-3-14(13(16)17,15-12-6-7-12)8-5-9-19-11-10-18-4-2/h12,15H,3-11H2,1-2H3,(H,16,17). The maximum atomic E-state index is 11.5. The summed E-state index contributed by atoms with van der Waals surface area (Å²) in [6.45, 7) is 6.36. The molecule has 1 fully saturated rings. The number of carboxylic acids is 1. The van der Waals surface area contributed by atoms with E-state index in [1.54, 1.807) is 0 Å². The lowest BCUT2D eigenvalue weighted by Gasteiger charge is -2.29. The van der Waals surface area contributed by atoms with Gasteiger partial charge in [0.1, 0.15) is 5.54 Å². The molecule has 5 heteroatoms. The van der Waals surface area contributed by atoms with Crippen LogP contribution in [-0.2, 0) is 14.3 Å². The van der Waals surface area contributed by atoms with Crippen molar-refractivity contribution >= 4 is 5.97 Å². The maximum Gasteiger partial charge on any atom is 0.323 e. The van der Waals surface area contributed by atoms with Crippen LogP contribution in [0.4, 0.5) is 0 Å². The molecule has 0 heterocycles. The number of nitrogens with one attached hydrogen (secondary N) is 1. The number of ether oxygens (including phenoxy) is 2. The van der Waals surface area contributed by atoms with Crippen molar-refractivity contribution in [3.05, 3.63) is 0 Å². The molecule has 5 nitrogen and oxygen atoms in total. The van der Waals surface area contributed by atoms with Gasteiger partial charge in [0, 0.05) is 19.3 Å². The van der Waals surface area contributed by atoms with Crippen LogP contribution in [0.2, 0.25) is 0 Å². The van der Waals surface area contributed by atoms with Crippen molar-refractivity contribution in [3.63, 3.8) is 0 Å². The largest absolute Gasteiger partial charge is 0.480 e. The molecule has 112 valence electrons. The summed E-state index contributed by atoms with van der Waals surface area (Å²) in [6.07, 6.45) is 4.17. The predicted octanol–water partition coefficient (Wildman–Crippen LogP) is 1.81. The molecule has 0 bridgehead atoms. The third kappa shape index (κ3) is 5.89. The first kappa shape index (κ1) is 16.4. The van der Waals surface area contributed by atoms with E-state index in [0.29, 0.717) is 45.3 Å². The highest BCUT2D eigenvalue weighted by molar-refractivity contribution is 5.78. The fourth-order valence-corrected chi connectivity index (χ4v) is 2.13. The second-order valence-electron chi connectivity index (χ2n) is 5.07. The first-order valence-electron chi connectivity index (χ1n) is 7.31. The minimum Gasteiger partial charge on any atom is -0.480 e. The lowest BCUT2D eigenvalue weighted by molar-refractivity contribution is -0.145. The van der Waals surface area contributed by atoms with Gasteiger partial charge in [0.2, 0.25) is 0 Å². The zero-order valence-electron chi connectivity index (χ0n) is 12.1. The van der Waals surface area contributed by atoms with Gasteiger partial charge in [0.05, 0.1) is 13.2 Å². The molecule has 0 aliphatic heterocycles. The molecule has 0 amide bonds. The van der Waals surface area contributed by atoms with Crippen LogP contribution in [0.1, 0.15) is 46.0 Å². The Hall–Kier alpha value is -0.650. The van der Waals surface area contributed by atoms with Gasteiger partial charge in [-0.1, -0.05) is 6.92 Å². The number of aliphatic carboxylic acids is 1. The highest BCUT2D eigenvalue weighted by Gasteiger charge is 2.40.